The molecule has 2 aliphatic heterocycles. The van der Waals surface area contributed by atoms with Gasteiger partial charge in [0, 0.05) is 0 Å². The Labute approximate surface area is 84.7 Å². The minimum atomic E-state index is 0.804. The van der Waals surface area contributed by atoms with E-state index in [0.717, 1.165) is 25.6 Å². The third-order valence-corrected chi connectivity index (χ3v) is 2.39. The number of rotatable bonds is 0. The molecule has 0 aromatic heterocycles. The summed E-state index contributed by atoms with van der Waals surface area (Å²) in [5.41, 5.74) is 2.44. The lowest BCUT2D eigenvalue weighted by Crippen LogP contribution is -2.31. The van der Waals surface area contributed by atoms with Crippen molar-refractivity contribution < 1.29 is 4.74 Å². The van der Waals surface area contributed by atoms with Gasteiger partial charge in [0.25, 0.3) is 0 Å². The van der Waals surface area contributed by atoms with Gasteiger partial charge in [-0.15, -0.1) is 0 Å². The zero-order valence-electron chi connectivity index (χ0n) is 8.71. The van der Waals surface area contributed by atoms with Crippen LogP contribution in [0.4, 0.5) is 11.4 Å². The first-order valence-corrected chi connectivity index (χ1v) is 5.20. The largest absolute Gasteiger partial charge is 0.489 e. The number of hydrogen-bond donors (Lipinski definition) is 1. The van der Waals surface area contributed by atoms with Crippen molar-refractivity contribution in [2.75, 3.05) is 30.0 Å². The fourth-order valence-electron chi connectivity index (χ4n) is 1.82. The quantitative estimate of drug-likeness (QED) is 0.682. The second kappa shape index (κ2) is 3.78. The van der Waals surface area contributed by atoms with Gasteiger partial charge in [-0.25, -0.2) is 0 Å². The highest BCUT2D eigenvalue weighted by Crippen LogP contribution is 2.41. The van der Waals surface area contributed by atoms with Crippen LogP contribution in [0.25, 0.3) is 0 Å². The molecular weight excluding hydrogens is 176 g/mol. The summed E-state index contributed by atoms with van der Waals surface area (Å²) in [7, 11) is 0. The number of benzene rings is 1. The second-order valence-corrected chi connectivity index (χ2v) is 3.10. The van der Waals surface area contributed by atoms with Gasteiger partial charge in [-0.3, -0.25) is 0 Å². The van der Waals surface area contributed by atoms with Gasteiger partial charge in [0.05, 0.1) is 18.9 Å². The third kappa shape index (κ3) is 1.29. The average molecular weight is 192 g/mol. The monoisotopic (exact) mass is 192 g/mol. The maximum absolute atomic E-state index is 5.53. The summed E-state index contributed by atoms with van der Waals surface area (Å²) in [4.78, 5) is 2.31. The summed E-state index contributed by atoms with van der Waals surface area (Å²) in [5.74, 6) is 1.02. The minimum absolute atomic E-state index is 0.804. The molecule has 0 radical (unpaired) electrons. The van der Waals surface area contributed by atoms with Crippen LogP contribution in [0.1, 0.15) is 13.8 Å². The number of nitrogens with one attached hydrogen (secondary N) is 1. The van der Waals surface area contributed by atoms with Crippen LogP contribution in [0.3, 0.4) is 0 Å². The molecule has 1 aromatic carbocycles. The Kier molecular flexibility index (Phi) is 2.48. The van der Waals surface area contributed by atoms with Crippen molar-refractivity contribution in [3.8, 4) is 5.75 Å². The van der Waals surface area contributed by atoms with E-state index < -0.39 is 0 Å². The fraction of sp³-hybridized carbons (Fsp3) is 0.455. The molecule has 2 heterocycles. The van der Waals surface area contributed by atoms with Gasteiger partial charge in [0.15, 0.2) is 0 Å². The highest BCUT2D eigenvalue weighted by atomic mass is 16.5. The molecule has 0 saturated carbocycles. The molecule has 0 amide bonds. The van der Waals surface area contributed by atoms with E-state index in [9.17, 15) is 0 Å². The molecule has 0 spiro atoms. The minimum Gasteiger partial charge on any atom is -0.489 e. The van der Waals surface area contributed by atoms with Crippen LogP contribution < -0.4 is 15.0 Å². The second-order valence-electron chi connectivity index (χ2n) is 3.10. The zero-order chi connectivity index (χ0) is 9.97. The van der Waals surface area contributed by atoms with Gasteiger partial charge in [-0.2, -0.15) is 0 Å². The van der Waals surface area contributed by atoms with E-state index >= 15 is 0 Å². The number of para-hydroxylation sites is 1. The lowest BCUT2D eigenvalue weighted by Gasteiger charge is -2.25. The molecule has 3 rings (SSSR count). The Bertz CT molecular complexity index is 325. The maximum atomic E-state index is 5.53. The molecular formula is C11H16N2O. The molecule has 0 unspecified atom stereocenters. The molecule has 0 bridgehead atoms. The van der Waals surface area contributed by atoms with Gasteiger partial charge in [-0.05, 0) is 12.1 Å². The van der Waals surface area contributed by atoms with Gasteiger partial charge < -0.3 is 15.0 Å². The van der Waals surface area contributed by atoms with E-state index in [1.54, 1.807) is 0 Å². The normalized spacial score (nSPS) is 16.0. The van der Waals surface area contributed by atoms with E-state index in [4.69, 9.17) is 4.74 Å². The van der Waals surface area contributed by atoms with Crippen molar-refractivity contribution in [1.29, 1.82) is 0 Å². The Morgan fingerprint density at radius 1 is 1.36 bits per heavy atom. The van der Waals surface area contributed by atoms with Crippen molar-refractivity contribution in [1.82, 2.24) is 0 Å². The van der Waals surface area contributed by atoms with Crippen molar-refractivity contribution in [2.24, 2.45) is 0 Å². The molecule has 3 heteroatoms. The summed E-state index contributed by atoms with van der Waals surface area (Å²) in [6, 6.07) is 6.14. The zero-order valence-corrected chi connectivity index (χ0v) is 8.71. The summed E-state index contributed by atoms with van der Waals surface area (Å²) in [6.07, 6.45) is 0. The molecule has 1 N–H and O–H groups in total. The van der Waals surface area contributed by atoms with Crippen LogP contribution >= 0.6 is 0 Å². The van der Waals surface area contributed by atoms with Crippen LogP contribution in [0.5, 0.6) is 5.75 Å². The highest BCUT2D eigenvalue weighted by molar-refractivity contribution is 5.81. The summed E-state index contributed by atoms with van der Waals surface area (Å²) >= 11 is 0. The SMILES string of the molecule is CC.c1cc2c3c(c1)OCCN3CN2. The van der Waals surface area contributed by atoms with Crippen LogP contribution in [-0.2, 0) is 0 Å². The molecule has 14 heavy (non-hydrogen) atoms. The van der Waals surface area contributed by atoms with E-state index in [-0.39, 0.29) is 0 Å². The summed E-state index contributed by atoms with van der Waals surface area (Å²) in [5, 5.41) is 3.33. The lowest BCUT2D eigenvalue weighted by atomic mass is 10.2. The van der Waals surface area contributed by atoms with Crippen molar-refractivity contribution >= 4 is 11.4 Å². The predicted molar refractivity (Wildman–Crippen MR) is 59.1 cm³/mol. The highest BCUT2D eigenvalue weighted by Gasteiger charge is 2.25. The lowest BCUT2D eigenvalue weighted by molar-refractivity contribution is 0.311. The van der Waals surface area contributed by atoms with E-state index in [0.29, 0.717) is 0 Å². The standard InChI is InChI=1S/C9H10N2O.C2H6/c1-2-7-9-8(3-1)12-5-4-11(9)6-10-7;1-2/h1-3,10H,4-6H2;1-2H3. The first kappa shape index (κ1) is 9.19. The first-order chi connectivity index (χ1) is 6.95. The Morgan fingerprint density at radius 2 is 2.21 bits per heavy atom. The van der Waals surface area contributed by atoms with Gasteiger partial charge in [0.1, 0.15) is 18.0 Å². The molecule has 2 aliphatic rings. The fourth-order valence-corrected chi connectivity index (χ4v) is 1.82. The van der Waals surface area contributed by atoms with E-state index in [1.165, 1.54) is 11.4 Å². The smallest absolute Gasteiger partial charge is 0.144 e. The number of anilines is 2. The number of ether oxygens (including phenoxy) is 1. The molecule has 0 atom stereocenters. The Morgan fingerprint density at radius 3 is 3.07 bits per heavy atom. The molecule has 0 fully saturated rings. The number of nitrogens with zero attached hydrogens (tertiary/aromatic N) is 1. The molecule has 76 valence electrons. The van der Waals surface area contributed by atoms with Gasteiger partial charge in [0.2, 0.25) is 0 Å². The van der Waals surface area contributed by atoms with E-state index in [1.807, 2.05) is 26.0 Å². The van der Waals surface area contributed by atoms with E-state index in [2.05, 4.69) is 16.3 Å². The molecule has 3 nitrogen and oxygen atoms in total. The van der Waals surface area contributed by atoms with Crippen LogP contribution in [-0.4, -0.2) is 19.8 Å². The summed E-state index contributed by atoms with van der Waals surface area (Å²) in [6.45, 7) is 6.73. The Hall–Kier alpha value is -1.38. The first-order valence-electron chi connectivity index (χ1n) is 5.20. The molecule has 0 aliphatic carbocycles. The van der Waals surface area contributed by atoms with Crippen LogP contribution in [0.2, 0.25) is 0 Å². The summed E-state index contributed by atoms with van der Waals surface area (Å²) < 4.78 is 5.53. The van der Waals surface area contributed by atoms with Gasteiger partial charge >= 0.3 is 0 Å². The maximum Gasteiger partial charge on any atom is 0.144 e. The van der Waals surface area contributed by atoms with Crippen molar-refractivity contribution in [2.45, 2.75) is 13.8 Å². The topological polar surface area (TPSA) is 24.5 Å². The average Bonchev–Trinajstić information content (AvgIpc) is 2.68. The molecule has 0 saturated heterocycles. The van der Waals surface area contributed by atoms with Crippen molar-refractivity contribution in [3.05, 3.63) is 18.2 Å². The van der Waals surface area contributed by atoms with Crippen molar-refractivity contribution in [3.63, 3.8) is 0 Å². The predicted octanol–water partition coefficient (Wildman–Crippen LogP) is 2.29. The third-order valence-electron chi connectivity index (χ3n) is 2.39. The van der Waals surface area contributed by atoms with Crippen LogP contribution in [0, 0.1) is 0 Å². The van der Waals surface area contributed by atoms with Crippen LogP contribution in [0.15, 0.2) is 18.2 Å². The molecule has 1 aromatic rings. The number of hydrogen-bond acceptors (Lipinski definition) is 3. The van der Waals surface area contributed by atoms with Gasteiger partial charge in [-0.1, -0.05) is 19.9 Å². The Balaban J connectivity index is 0.000000354.